The molecule has 182 valence electrons. The van der Waals surface area contributed by atoms with E-state index in [1.54, 1.807) is 11.7 Å². The molecule has 0 bridgehead atoms. The van der Waals surface area contributed by atoms with Gasteiger partial charge in [0.05, 0.1) is 23.5 Å². The zero-order valence-electron chi connectivity index (χ0n) is 19.7. The molecule has 0 radical (unpaired) electrons. The van der Waals surface area contributed by atoms with Gasteiger partial charge in [-0.3, -0.25) is 19.8 Å². The normalized spacial score (nSPS) is 23.1. The molecule has 35 heavy (non-hydrogen) atoms. The van der Waals surface area contributed by atoms with Crippen molar-refractivity contribution in [2.75, 3.05) is 13.1 Å². The molecule has 7 nitrogen and oxygen atoms in total. The van der Waals surface area contributed by atoms with Crippen LogP contribution in [0.25, 0.3) is 10.9 Å². The third-order valence-electron chi connectivity index (χ3n) is 7.52. The number of aromatic nitrogens is 1. The van der Waals surface area contributed by atoms with Gasteiger partial charge in [0.25, 0.3) is 0 Å². The van der Waals surface area contributed by atoms with Gasteiger partial charge in [-0.1, -0.05) is 36.4 Å². The van der Waals surface area contributed by atoms with Gasteiger partial charge in [-0.15, -0.1) is 0 Å². The number of pyridine rings is 1. The lowest BCUT2D eigenvalue weighted by molar-refractivity contribution is -0.149. The molecule has 1 aliphatic carbocycles. The van der Waals surface area contributed by atoms with Gasteiger partial charge in [0.1, 0.15) is 5.75 Å². The van der Waals surface area contributed by atoms with Gasteiger partial charge < -0.3 is 9.64 Å². The fourth-order valence-corrected chi connectivity index (χ4v) is 5.62. The van der Waals surface area contributed by atoms with Gasteiger partial charge in [0.2, 0.25) is 11.8 Å². The maximum absolute atomic E-state index is 13.5. The first-order valence-corrected chi connectivity index (χ1v) is 12.4. The quantitative estimate of drug-likeness (QED) is 0.426. The zero-order valence-corrected chi connectivity index (χ0v) is 19.7. The van der Waals surface area contributed by atoms with Crippen LogP contribution in [0.3, 0.4) is 0 Å². The van der Waals surface area contributed by atoms with Gasteiger partial charge in [0.15, 0.2) is 0 Å². The second kappa shape index (κ2) is 10.4. The van der Waals surface area contributed by atoms with Gasteiger partial charge in [-0.25, -0.2) is 5.48 Å². The summed E-state index contributed by atoms with van der Waals surface area (Å²) < 4.78 is 6.21. The standard InChI is InChI=1S/C28H31N3O4/c32-27(30-34)25-18-23(35-22-9-11-26-21(17-22)7-4-14-29-26)8-10-24(25)28(33)31-15-12-20(13-16-31)19-5-2-1-3-6-19/h1-7,9,11,14,17,20,23-25,34H,8,10,12-13,15-16,18H2,(H,30,32). The van der Waals surface area contributed by atoms with E-state index >= 15 is 0 Å². The van der Waals surface area contributed by atoms with Crippen molar-refractivity contribution in [1.29, 1.82) is 0 Å². The summed E-state index contributed by atoms with van der Waals surface area (Å²) in [5, 5.41) is 10.4. The lowest BCUT2D eigenvalue weighted by atomic mass is 9.76. The topological polar surface area (TPSA) is 91.8 Å². The van der Waals surface area contributed by atoms with E-state index < -0.39 is 17.7 Å². The van der Waals surface area contributed by atoms with Crippen LogP contribution in [0, 0.1) is 11.8 Å². The molecule has 2 fully saturated rings. The third-order valence-corrected chi connectivity index (χ3v) is 7.52. The minimum Gasteiger partial charge on any atom is -0.490 e. The zero-order chi connectivity index (χ0) is 24.2. The number of nitrogens with zero attached hydrogens (tertiary/aromatic N) is 2. The summed E-state index contributed by atoms with van der Waals surface area (Å²) in [6.07, 6.45) is 4.99. The predicted molar refractivity (Wildman–Crippen MR) is 132 cm³/mol. The molecule has 3 unspecified atom stereocenters. The molecule has 1 aromatic heterocycles. The molecular formula is C28H31N3O4. The van der Waals surface area contributed by atoms with E-state index in [9.17, 15) is 14.8 Å². The van der Waals surface area contributed by atoms with E-state index in [4.69, 9.17) is 4.74 Å². The number of amides is 2. The van der Waals surface area contributed by atoms with Gasteiger partial charge >= 0.3 is 0 Å². The molecule has 2 amide bonds. The minimum absolute atomic E-state index is 0.0142. The molecule has 3 atom stereocenters. The highest BCUT2D eigenvalue weighted by atomic mass is 16.5. The molecule has 5 rings (SSSR count). The van der Waals surface area contributed by atoms with Crippen LogP contribution in [-0.2, 0) is 9.59 Å². The number of likely N-dealkylation sites (tertiary alicyclic amines) is 1. The van der Waals surface area contributed by atoms with E-state index in [0.717, 1.165) is 23.7 Å². The van der Waals surface area contributed by atoms with Crippen LogP contribution < -0.4 is 10.2 Å². The van der Waals surface area contributed by atoms with Crippen LogP contribution in [0.5, 0.6) is 5.75 Å². The summed E-state index contributed by atoms with van der Waals surface area (Å²) >= 11 is 0. The maximum Gasteiger partial charge on any atom is 0.247 e. The molecule has 2 heterocycles. The van der Waals surface area contributed by atoms with Crippen LogP contribution in [-0.4, -0.2) is 46.1 Å². The van der Waals surface area contributed by atoms with Crippen molar-refractivity contribution in [2.24, 2.45) is 11.8 Å². The number of piperidine rings is 1. The molecule has 7 heteroatoms. The Morgan fingerprint density at radius 2 is 1.74 bits per heavy atom. The number of rotatable bonds is 5. The molecule has 2 aliphatic rings. The highest BCUT2D eigenvalue weighted by Crippen LogP contribution is 2.36. The average Bonchev–Trinajstić information content (AvgIpc) is 2.92. The van der Waals surface area contributed by atoms with Crippen LogP contribution >= 0.6 is 0 Å². The molecule has 2 N–H and O–H groups in total. The third kappa shape index (κ3) is 5.15. The first kappa shape index (κ1) is 23.3. The first-order chi connectivity index (χ1) is 17.1. The number of carbonyl (C=O) groups is 2. The van der Waals surface area contributed by atoms with Crippen molar-refractivity contribution in [2.45, 2.75) is 44.1 Å². The van der Waals surface area contributed by atoms with E-state index in [1.165, 1.54) is 5.56 Å². The Hall–Kier alpha value is -3.45. The Bertz CT molecular complexity index is 1180. The Labute approximate surface area is 205 Å². The number of fused-ring (bicyclic) bond motifs is 1. The summed E-state index contributed by atoms with van der Waals surface area (Å²) in [6, 6.07) is 20.0. The van der Waals surface area contributed by atoms with Crippen molar-refractivity contribution < 1.29 is 19.5 Å². The second-order valence-corrected chi connectivity index (χ2v) is 9.61. The molecule has 0 spiro atoms. The number of hydrogen-bond donors (Lipinski definition) is 2. The fourth-order valence-electron chi connectivity index (χ4n) is 5.62. The van der Waals surface area contributed by atoms with E-state index in [-0.39, 0.29) is 12.0 Å². The Balaban J connectivity index is 1.23. The van der Waals surface area contributed by atoms with Gasteiger partial charge in [-0.05, 0) is 67.9 Å². The summed E-state index contributed by atoms with van der Waals surface area (Å²) in [7, 11) is 0. The van der Waals surface area contributed by atoms with Crippen molar-refractivity contribution in [3.8, 4) is 5.75 Å². The number of ether oxygens (including phenoxy) is 1. The van der Waals surface area contributed by atoms with Gasteiger partial charge in [0, 0.05) is 24.7 Å². The van der Waals surface area contributed by atoms with Crippen LogP contribution in [0.15, 0.2) is 66.9 Å². The molecule has 1 saturated heterocycles. The second-order valence-electron chi connectivity index (χ2n) is 9.61. The smallest absolute Gasteiger partial charge is 0.247 e. The highest BCUT2D eigenvalue weighted by molar-refractivity contribution is 5.87. The summed E-state index contributed by atoms with van der Waals surface area (Å²) in [4.78, 5) is 32.3. The minimum atomic E-state index is -0.625. The number of hydrogen-bond acceptors (Lipinski definition) is 5. The number of nitrogens with one attached hydrogen (secondary N) is 1. The van der Waals surface area contributed by atoms with E-state index in [0.29, 0.717) is 44.0 Å². The molecule has 1 saturated carbocycles. The first-order valence-electron chi connectivity index (χ1n) is 12.4. The average molecular weight is 474 g/mol. The Kier molecular flexibility index (Phi) is 6.95. The van der Waals surface area contributed by atoms with E-state index in [1.807, 2.05) is 41.3 Å². The monoisotopic (exact) mass is 473 g/mol. The number of benzene rings is 2. The maximum atomic E-state index is 13.5. The van der Waals surface area contributed by atoms with Gasteiger partial charge in [-0.2, -0.15) is 0 Å². The van der Waals surface area contributed by atoms with E-state index in [2.05, 4.69) is 29.2 Å². The molecule has 3 aromatic rings. The van der Waals surface area contributed by atoms with Crippen molar-refractivity contribution >= 4 is 22.7 Å². The SMILES string of the molecule is O=C(NO)C1CC(Oc2ccc3ncccc3c2)CCC1C(=O)N1CCC(c2ccccc2)CC1. The lowest BCUT2D eigenvalue weighted by Gasteiger charge is -2.39. The molecular weight excluding hydrogens is 442 g/mol. The Morgan fingerprint density at radius 1 is 0.943 bits per heavy atom. The van der Waals surface area contributed by atoms with Crippen LogP contribution in [0.1, 0.15) is 43.6 Å². The largest absolute Gasteiger partial charge is 0.490 e. The van der Waals surface area contributed by atoms with Crippen molar-refractivity contribution in [3.63, 3.8) is 0 Å². The molecule has 2 aromatic carbocycles. The van der Waals surface area contributed by atoms with Crippen molar-refractivity contribution in [3.05, 3.63) is 72.4 Å². The molecule has 1 aliphatic heterocycles. The lowest BCUT2D eigenvalue weighted by Crippen LogP contribution is -2.49. The summed E-state index contributed by atoms with van der Waals surface area (Å²) in [5.74, 6) is -0.403. The highest BCUT2D eigenvalue weighted by Gasteiger charge is 2.42. The fraction of sp³-hybridized carbons (Fsp3) is 0.393. The number of hydroxylamine groups is 1. The Morgan fingerprint density at radius 3 is 2.51 bits per heavy atom. The summed E-state index contributed by atoms with van der Waals surface area (Å²) in [6.45, 7) is 1.38. The van der Waals surface area contributed by atoms with Crippen LogP contribution in [0.4, 0.5) is 0 Å². The van der Waals surface area contributed by atoms with Crippen LogP contribution in [0.2, 0.25) is 0 Å². The summed E-state index contributed by atoms with van der Waals surface area (Å²) in [5.41, 5.74) is 4.00. The predicted octanol–water partition coefficient (Wildman–Crippen LogP) is 4.31. The van der Waals surface area contributed by atoms with Crippen molar-refractivity contribution in [1.82, 2.24) is 15.4 Å². The number of carbonyl (C=O) groups excluding carboxylic acids is 2.